The van der Waals surface area contributed by atoms with Crippen molar-refractivity contribution in [3.05, 3.63) is 0 Å². The van der Waals surface area contributed by atoms with E-state index >= 15 is 0 Å². The molecule has 5 heteroatoms. The van der Waals surface area contributed by atoms with Crippen LogP contribution < -0.4 is 5.11 Å². The Hall–Kier alpha value is -0.320. The summed E-state index contributed by atoms with van der Waals surface area (Å²) >= 11 is 0. The fourth-order valence-corrected chi connectivity index (χ4v) is 0.182. The van der Waals surface area contributed by atoms with E-state index in [1.165, 1.54) is 0 Å². The van der Waals surface area contributed by atoms with Crippen LogP contribution in [0.5, 0.6) is 0 Å². The zero-order valence-electron chi connectivity index (χ0n) is 3.70. The van der Waals surface area contributed by atoms with Gasteiger partial charge in [-0.2, -0.15) is 13.2 Å². The molecule has 0 radical (unpaired) electrons. The maximum absolute atomic E-state index is 10.9. The Balaban J connectivity index is 3.39. The lowest BCUT2D eigenvalue weighted by atomic mass is 10.4. The van der Waals surface area contributed by atoms with Crippen molar-refractivity contribution in [2.75, 3.05) is 0 Å². The summed E-state index contributed by atoms with van der Waals surface area (Å²) in [6, 6.07) is 0. The fraction of sp³-hybridized carbons (Fsp3) is 1.00. The average molecular weight is 131 g/mol. The van der Waals surface area contributed by atoms with Gasteiger partial charge in [0, 0.05) is 6.36 Å². The average Bonchev–Trinajstić information content (AvgIpc) is 1.21. The second-order valence-corrected chi connectivity index (χ2v) is 1.23. The van der Waals surface area contributed by atoms with Crippen LogP contribution in [0.1, 0.15) is 6.42 Å². The Labute approximate surface area is 42.9 Å². The zero-order valence-corrected chi connectivity index (χ0v) is 3.70. The molecule has 0 fully saturated rings. The molecule has 0 heterocycles. The molecule has 1 nitrogen and oxygen atoms in total. The molecule has 50 valence electrons. The largest absolute Gasteiger partial charge is 0.827 e. The summed E-state index contributed by atoms with van der Waals surface area (Å²) in [4.78, 5) is 0. The van der Waals surface area contributed by atoms with Gasteiger partial charge < -0.3 is 5.11 Å². The van der Waals surface area contributed by atoms with Crippen molar-refractivity contribution in [3.8, 4) is 0 Å². The van der Waals surface area contributed by atoms with Gasteiger partial charge in [-0.1, -0.05) is 0 Å². The maximum Gasteiger partial charge on any atom is 0.390 e. The maximum atomic E-state index is 10.9. The number of hydrogen-bond donors (Lipinski definition) is 0. The van der Waals surface area contributed by atoms with Crippen LogP contribution in [0.15, 0.2) is 0 Å². The third-order valence-corrected chi connectivity index (χ3v) is 0.392. The molecule has 8 heavy (non-hydrogen) atoms. The summed E-state index contributed by atoms with van der Waals surface area (Å²) in [5.41, 5.74) is 0. The Morgan fingerprint density at radius 1 is 1.38 bits per heavy atom. The minimum Gasteiger partial charge on any atom is -0.827 e. The molecule has 0 aliphatic carbocycles. The third kappa shape index (κ3) is 5.68. The van der Waals surface area contributed by atoms with Crippen molar-refractivity contribution < 1.29 is 22.7 Å². The molecule has 0 saturated carbocycles. The zero-order chi connectivity index (χ0) is 6.78. The van der Waals surface area contributed by atoms with Gasteiger partial charge in [0.1, 0.15) is 0 Å². The molecule has 0 aromatic carbocycles. The summed E-state index contributed by atoms with van der Waals surface area (Å²) in [5.74, 6) is 0. The fourth-order valence-electron chi connectivity index (χ4n) is 0.182. The highest BCUT2D eigenvalue weighted by molar-refractivity contribution is 4.48. The molecule has 0 aliphatic rings. The normalized spacial score (nSPS) is 16.1. The summed E-state index contributed by atoms with van der Waals surface area (Å²) in [5, 5.41) is 9.16. The van der Waals surface area contributed by atoms with Gasteiger partial charge in [-0.15, -0.1) is 0 Å². The first-order valence-electron chi connectivity index (χ1n) is 1.78. The topological polar surface area (TPSA) is 23.1 Å². The molecule has 0 spiro atoms. The van der Waals surface area contributed by atoms with Crippen LogP contribution >= 0.6 is 0 Å². The van der Waals surface area contributed by atoms with Gasteiger partial charge in [0.2, 0.25) is 0 Å². The molecule has 0 saturated heterocycles. The molecular formula is C3H3F4O-. The number of hydrogen-bond acceptors (Lipinski definition) is 1. The van der Waals surface area contributed by atoms with Gasteiger partial charge in [-0.25, -0.2) is 0 Å². The lowest BCUT2D eigenvalue weighted by Crippen LogP contribution is -2.26. The Morgan fingerprint density at radius 2 is 1.75 bits per heavy atom. The van der Waals surface area contributed by atoms with Crippen LogP contribution in [0.4, 0.5) is 17.6 Å². The van der Waals surface area contributed by atoms with Gasteiger partial charge in [-0.3, -0.25) is 4.39 Å². The monoisotopic (exact) mass is 131 g/mol. The molecule has 0 aliphatic heterocycles. The SMILES string of the molecule is [O-]C(F)CC(F)(F)F. The Morgan fingerprint density at radius 3 is 1.75 bits per heavy atom. The lowest BCUT2D eigenvalue weighted by molar-refractivity contribution is -0.471. The van der Waals surface area contributed by atoms with E-state index in [1.54, 1.807) is 0 Å². The van der Waals surface area contributed by atoms with Crippen molar-refractivity contribution in [2.45, 2.75) is 19.0 Å². The minimum atomic E-state index is -4.67. The van der Waals surface area contributed by atoms with E-state index in [4.69, 9.17) is 5.11 Å². The molecule has 0 bridgehead atoms. The first-order valence-corrected chi connectivity index (χ1v) is 1.78. The van der Waals surface area contributed by atoms with Gasteiger partial charge in [-0.05, 0) is 0 Å². The molecule has 1 atom stereocenters. The van der Waals surface area contributed by atoms with E-state index in [-0.39, 0.29) is 0 Å². The molecular weight excluding hydrogens is 128 g/mol. The van der Waals surface area contributed by atoms with Crippen LogP contribution in [0, 0.1) is 0 Å². The van der Waals surface area contributed by atoms with Crippen LogP contribution in [-0.2, 0) is 0 Å². The summed E-state index contributed by atoms with van der Waals surface area (Å²) in [6.45, 7) is 0. The van der Waals surface area contributed by atoms with E-state index in [1.807, 2.05) is 0 Å². The summed E-state index contributed by atoms with van der Waals surface area (Å²) in [7, 11) is 0. The quantitative estimate of drug-likeness (QED) is 0.477. The minimum absolute atomic E-state index is 1.90. The summed E-state index contributed by atoms with van der Waals surface area (Å²) in [6.07, 6.45) is -9.59. The predicted octanol–water partition coefficient (Wildman–Crippen LogP) is 0.595. The van der Waals surface area contributed by atoms with Crippen LogP contribution in [0.2, 0.25) is 0 Å². The van der Waals surface area contributed by atoms with E-state index in [9.17, 15) is 17.6 Å². The lowest BCUT2D eigenvalue weighted by Gasteiger charge is -2.13. The molecule has 0 amide bonds. The van der Waals surface area contributed by atoms with Crippen LogP contribution in [0.3, 0.4) is 0 Å². The second-order valence-electron chi connectivity index (χ2n) is 1.23. The number of alkyl halides is 4. The highest BCUT2D eigenvalue weighted by Gasteiger charge is 2.27. The number of rotatable bonds is 1. The van der Waals surface area contributed by atoms with Gasteiger partial charge in [0.05, 0.1) is 6.42 Å². The standard InChI is InChI=1S/C3H3F4O/c4-2(8)1-3(5,6)7/h2H,1H2/q-1. The van der Waals surface area contributed by atoms with Crippen molar-refractivity contribution >= 4 is 0 Å². The van der Waals surface area contributed by atoms with Crippen molar-refractivity contribution in [3.63, 3.8) is 0 Å². The first-order chi connectivity index (χ1) is 3.42. The van der Waals surface area contributed by atoms with Crippen LogP contribution in [0.25, 0.3) is 0 Å². The van der Waals surface area contributed by atoms with E-state index in [0.717, 1.165) is 0 Å². The highest BCUT2D eigenvalue weighted by atomic mass is 19.4. The van der Waals surface area contributed by atoms with Gasteiger partial charge >= 0.3 is 6.18 Å². The number of halogens is 4. The van der Waals surface area contributed by atoms with E-state index < -0.39 is 19.0 Å². The summed E-state index contributed by atoms with van der Waals surface area (Å²) < 4.78 is 43.5. The molecule has 0 aromatic rings. The smallest absolute Gasteiger partial charge is 0.390 e. The molecule has 0 N–H and O–H groups in total. The van der Waals surface area contributed by atoms with Crippen LogP contribution in [-0.4, -0.2) is 12.5 Å². The predicted molar refractivity (Wildman–Crippen MR) is 15.6 cm³/mol. The van der Waals surface area contributed by atoms with Crippen molar-refractivity contribution in [1.82, 2.24) is 0 Å². The molecule has 0 aromatic heterocycles. The van der Waals surface area contributed by atoms with Crippen molar-refractivity contribution in [1.29, 1.82) is 0 Å². The van der Waals surface area contributed by atoms with Gasteiger partial charge in [0.25, 0.3) is 0 Å². The highest BCUT2D eigenvalue weighted by Crippen LogP contribution is 2.20. The molecule has 0 rings (SSSR count). The third-order valence-electron chi connectivity index (χ3n) is 0.392. The van der Waals surface area contributed by atoms with Crippen molar-refractivity contribution in [2.24, 2.45) is 0 Å². The Bertz CT molecular complexity index is 66.2. The Kier molecular flexibility index (Phi) is 2.21. The second kappa shape index (κ2) is 2.30. The molecule has 1 unspecified atom stereocenters. The van der Waals surface area contributed by atoms with E-state index in [0.29, 0.717) is 0 Å². The van der Waals surface area contributed by atoms with E-state index in [2.05, 4.69) is 0 Å². The first kappa shape index (κ1) is 7.68. The van der Waals surface area contributed by atoms with Gasteiger partial charge in [0.15, 0.2) is 0 Å².